The zero-order valence-electron chi connectivity index (χ0n) is 5.29. The van der Waals surface area contributed by atoms with Crippen LogP contribution in [0.3, 0.4) is 0 Å². The zero-order chi connectivity index (χ0) is 7.78. The lowest BCUT2D eigenvalue weighted by molar-refractivity contribution is -0.139. The van der Waals surface area contributed by atoms with Crippen LogP contribution in [0.4, 0.5) is 13.2 Å². The van der Waals surface area contributed by atoms with Gasteiger partial charge in [0.1, 0.15) is 6.04 Å². The fourth-order valence-corrected chi connectivity index (χ4v) is 1.58. The number of halogens is 3. The first kappa shape index (κ1) is 8.02. The molecule has 0 spiro atoms. The van der Waals surface area contributed by atoms with Crippen molar-refractivity contribution in [1.29, 1.82) is 0 Å². The Balaban J connectivity index is 2.61. The van der Waals surface area contributed by atoms with E-state index in [1.54, 1.807) is 6.92 Å². The van der Waals surface area contributed by atoms with Crippen LogP contribution in [0.5, 0.6) is 0 Å². The largest absolute Gasteiger partial charge is 0.407 e. The number of nitrogens with one attached hydrogen (secondary N) is 1. The van der Waals surface area contributed by atoms with E-state index in [2.05, 4.69) is 5.09 Å². The standard InChI is InChI=1S/C5H7F3NP/c1-3-2-4(9-10-3)5(6,7)8/h2,4,9-10H,1H3. The summed E-state index contributed by atoms with van der Waals surface area (Å²) in [6, 6.07) is -1.41. The molecule has 2 unspecified atom stereocenters. The van der Waals surface area contributed by atoms with Crippen molar-refractivity contribution in [2.75, 3.05) is 0 Å². The summed E-state index contributed by atoms with van der Waals surface area (Å²) in [4.78, 5) is 0. The number of alkyl halides is 3. The van der Waals surface area contributed by atoms with E-state index >= 15 is 0 Å². The van der Waals surface area contributed by atoms with Crippen molar-refractivity contribution in [1.82, 2.24) is 5.09 Å². The number of allylic oxidation sites excluding steroid dienone is 1. The van der Waals surface area contributed by atoms with Crippen LogP contribution >= 0.6 is 8.73 Å². The van der Waals surface area contributed by atoms with Gasteiger partial charge < -0.3 is 0 Å². The Labute approximate surface area is 58.5 Å². The molecule has 0 saturated heterocycles. The van der Waals surface area contributed by atoms with E-state index in [1.165, 1.54) is 6.08 Å². The van der Waals surface area contributed by atoms with E-state index in [0.717, 1.165) is 5.31 Å². The number of hydrogen-bond acceptors (Lipinski definition) is 1. The van der Waals surface area contributed by atoms with E-state index in [1.807, 2.05) is 0 Å². The second kappa shape index (κ2) is 2.51. The van der Waals surface area contributed by atoms with Gasteiger partial charge in [0.05, 0.1) is 0 Å². The second-order valence-corrected chi connectivity index (χ2v) is 3.47. The number of hydrogen-bond donors (Lipinski definition) is 1. The van der Waals surface area contributed by atoms with Gasteiger partial charge in [-0.05, 0) is 21.0 Å². The minimum absolute atomic E-state index is 0.127. The van der Waals surface area contributed by atoms with Gasteiger partial charge in [-0.15, -0.1) is 0 Å². The van der Waals surface area contributed by atoms with Gasteiger partial charge in [0, 0.05) is 0 Å². The minimum atomic E-state index is -4.12. The number of rotatable bonds is 0. The maximum absolute atomic E-state index is 11.8. The molecule has 2 atom stereocenters. The molecular weight excluding hydrogens is 162 g/mol. The molecule has 1 heterocycles. The molecule has 1 aliphatic heterocycles. The van der Waals surface area contributed by atoms with Crippen LogP contribution in [-0.2, 0) is 0 Å². The first-order valence-corrected chi connectivity index (χ1v) is 3.77. The molecule has 0 bridgehead atoms. The van der Waals surface area contributed by atoms with Crippen LogP contribution < -0.4 is 5.09 Å². The van der Waals surface area contributed by atoms with Crippen LogP contribution in [0, 0.1) is 0 Å². The molecule has 0 aliphatic carbocycles. The highest BCUT2D eigenvalue weighted by Gasteiger charge is 2.39. The summed E-state index contributed by atoms with van der Waals surface area (Å²) in [5.41, 5.74) is 0. The molecule has 1 aliphatic rings. The molecule has 0 amide bonds. The summed E-state index contributed by atoms with van der Waals surface area (Å²) in [5, 5.41) is 3.14. The monoisotopic (exact) mass is 169 g/mol. The van der Waals surface area contributed by atoms with Crippen LogP contribution in [0.1, 0.15) is 6.92 Å². The predicted octanol–water partition coefficient (Wildman–Crippen LogP) is 2.02. The predicted molar refractivity (Wildman–Crippen MR) is 35.1 cm³/mol. The maximum atomic E-state index is 11.8. The summed E-state index contributed by atoms with van der Waals surface area (Å²) in [6.45, 7) is 1.69. The van der Waals surface area contributed by atoms with Crippen molar-refractivity contribution in [2.24, 2.45) is 0 Å². The first-order chi connectivity index (χ1) is 4.50. The fraction of sp³-hybridized carbons (Fsp3) is 0.600. The fourth-order valence-electron chi connectivity index (χ4n) is 0.701. The average molecular weight is 169 g/mol. The second-order valence-electron chi connectivity index (χ2n) is 2.14. The van der Waals surface area contributed by atoms with Gasteiger partial charge in [0.2, 0.25) is 0 Å². The van der Waals surface area contributed by atoms with E-state index in [9.17, 15) is 13.2 Å². The maximum Gasteiger partial charge on any atom is 0.407 e. The van der Waals surface area contributed by atoms with E-state index in [-0.39, 0.29) is 8.73 Å². The van der Waals surface area contributed by atoms with Gasteiger partial charge in [-0.2, -0.15) is 13.2 Å². The summed E-state index contributed by atoms with van der Waals surface area (Å²) in [7, 11) is 0.127. The Morgan fingerprint density at radius 1 is 1.60 bits per heavy atom. The zero-order valence-corrected chi connectivity index (χ0v) is 6.29. The van der Waals surface area contributed by atoms with Crippen LogP contribution in [-0.4, -0.2) is 12.2 Å². The van der Waals surface area contributed by atoms with Gasteiger partial charge >= 0.3 is 6.18 Å². The van der Waals surface area contributed by atoms with Crippen molar-refractivity contribution in [3.05, 3.63) is 11.4 Å². The molecule has 0 aromatic rings. The molecule has 58 valence electrons. The lowest BCUT2D eigenvalue weighted by Crippen LogP contribution is -2.33. The van der Waals surface area contributed by atoms with Gasteiger partial charge in [-0.1, -0.05) is 6.08 Å². The summed E-state index contributed by atoms with van der Waals surface area (Å²) < 4.78 is 35.5. The smallest absolute Gasteiger partial charge is 0.280 e. The molecule has 1 rings (SSSR count). The van der Waals surface area contributed by atoms with Crippen molar-refractivity contribution in [3.8, 4) is 0 Å². The van der Waals surface area contributed by atoms with E-state index in [0.29, 0.717) is 0 Å². The average Bonchev–Trinajstić information content (AvgIpc) is 2.11. The lowest BCUT2D eigenvalue weighted by Gasteiger charge is -2.11. The molecule has 0 radical (unpaired) electrons. The molecule has 1 N–H and O–H groups in total. The molecule has 10 heavy (non-hydrogen) atoms. The third-order valence-corrected chi connectivity index (χ3v) is 2.21. The SMILES string of the molecule is CC1=CC(C(F)(F)F)NP1. The van der Waals surface area contributed by atoms with Crippen LogP contribution in [0.15, 0.2) is 11.4 Å². The first-order valence-electron chi connectivity index (χ1n) is 2.77. The van der Waals surface area contributed by atoms with Crippen molar-refractivity contribution in [3.63, 3.8) is 0 Å². The topological polar surface area (TPSA) is 12.0 Å². The molecular formula is C5H7F3NP. The Hall–Kier alpha value is -0.0800. The Morgan fingerprint density at radius 2 is 2.20 bits per heavy atom. The summed E-state index contributed by atoms with van der Waals surface area (Å²) >= 11 is 0. The third kappa shape index (κ3) is 1.70. The normalized spacial score (nSPS) is 29.2. The summed E-state index contributed by atoms with van der Waals surface area (Å²) in [5.74, 6) is 0. The van der Waals surface area contributed by atoms with Crippen molar-refractivity contribution < 1.29 is 13.2 Å². The quantitative estimate of drug-likeness (QED) is 0.547. The Kier molecular flexibility index (Phi) is 2.02. The molecule has 0 aromatic carbocycles. The van der Waals surface area contributed by atoms with Gasteiger partial charge in [-0.25, -0.2) is 0 Å². The Morgan fingerprint density at radius 3 is 2.40 bits per heavy atom. The summed E-state index contributed by atoms with van der Waals surface area (Å²) in [6.07, 6.45) is -2.90. The third-order valence-electron chi connectivity index (χ3n) is 1.19. The van der Waals surface area contributed by atoms with Gasteiger partial charge in [0.15, 0.2) is 0 Å². The molecule has 5 heteroatoms. The highest BCUT2D eigenvalue weighted by molar-refractivity contribution is 7.41. The Bertz CT molecular complexity index is 163. The van der Waals surface area contributed by atoms with E-state index in [4.69, 9.17) is 0 Å². The van der Waals surface area contributed by atoms with Crippen LogP contribution in [0.2, 0.25) is 0 Å². The van der Waals surface area contributed by atoms with Gasteiger partial charge in [-0.3, -0.25) is 5.09 Å². The molecule has 0 aromatic heterocycles. The van der Waals surface area contributed by atoms with E-state index < -0.39 is 12.2 Å². The van der Waals surface area contributed by atoms with Crippen molar-refractivity contribution >= 4 is 8.73 Å². The highest BCUT2D eigenvalue weighted by Crippen LogP contribution is 2.34. The molecule has 0 fully saturated rings. The van der Waals surface area contributed by atoms with Crippen molar-refractivity contribution in [2.45, 2.75) is 19.1 Å². The molecule has 1 nitrogen and oxygen atoms in total. The van der Waals surface area contributed by atoms with Gasteiger partial charge in [0.25, 0.3) is 0 Å². The molecule has 0 saturated carbocycles. The minimum Gasteiger partial charge on any atom is -0.280 e. The lowest BCUT2D eigenvalue weighted by atomic mass is 10.3. The highest BCUT2D eigenvalue weighted by atomic mass is 31.1. The van der Waals surface area contributed by atoms with Crippen LogP contribution in [0.25, 0.3) is 0 Å².